The molecule has 0 bridgehead atoms. The van der Waals surface area contributed by atoms with E-state index in [2.05, 4.69) is 5.32 Å². The highest BCUT2D eigenvalue weighted by Gasteiger charge is 2.36. The topological polar surface area (TPSA) is 30.5 Å². The van der Waals surface area contributed by atoms with Crippen molar-refractivity contribution >= 4 is 0 Å². The van der Waals surface area contributed by atoms with Gasteiger partial charge in [0.15, 0.2) is 11.5 Å². The molecule has 2 aliphatic heterocycles. The molecule has 0 spiro atoms. The fraction of sp³-hybridized carbons (Fsp3) is 0.333. The Bertz CT molecular complexity index is 773. The van der Waals surface area contributed by atoms with Gasteiger partial charge < -0.3 is 14.8 Å². The van der Waals surface area contributed by atoms with Crippen LogP contribution in [0.2, 0.25) is 0 Å². The van der Waals surface area contributed by atoms with Crippen molar-refractivity contribution in [1.82, 2.24) is 5.32 Å². The lowest BCUT2D eigenvalue weighted by Crippen LogP contribution is -2.32. The molecule has 0 radical (unpaired) electrons. The fourth-order valence-corrected chi connectivity index (χ4v) is 3.38. The van der Waals surface area contributed by atoms with Gasteiger partial charge in [-0.2, -0.15) is 13.2 Å². The third-order valence-electron chi connectivity index (χ3n) is 4.44. The summed E-state index contributed by atoms with van der Waals surface area (Å²) in [5, 5.41) is 3.21. The molecule has 2 heterocycles. The van der Waals surface area contributed by atoms with Gasteiger partial charge in [-0.25, -0.2) is 0 Å². The molecule has 0 saturated carbocycles. The number of hydrogen-bond acceptors (Lipinski definition) is 3. The summed E-state index contributed by atoms with van der Waals surface area (Å²) in [6.45, 7) is 1.55. The second-order valence-corrected chi connectivity index (χ2v) is 5.92. The first-order valence-electron chi connectivity index (χ1n) is 7.86. The highest BCUT2D eigenvalue weighted by molar-refractivity contribution is 5.53. The summed E-state index contributed by atoms with van der Waals surface area (Å²) < 4.78 is 51.3. The second-order valence-electron chi connectivity index (χ2n) is 5.92. The SMILES string of the molecule is FC(F)(F)c1ccccc1C1NCCc2cc3c(cc21)OCCO3. The largest absolute Gasteiger partial charge is 0.486 e. The van der Waals surface area contributed by atoms with Crippen molar-refractivity contribution in [3.05, 3.63) is 58.7 Å². The summed E-state index contributed by atoms with van der Waals surface area (Å²) in [6, 6.07) is 8.91. The molecule has 6 heteroatoms. The molecule has 126 valence electrons. The van der Waals surface area contributed by atoms with Gasteiger partial charge in [-0.3, -0.25) is 0 Å². The highest BCUT2D eigenvalue weighted by Crippen LogP contribution is 2.42. The van der Waals surface area contributed by atoms with Gasteiger partial charge in [-0.15, -0.1) is 0 Å². The van der Waals surface area contributed by atoms with E-state index in [1.54, 1.807) is 6.07 Å². The number of ether oxygens (including phenoxy) is 2. The number of nitrogens with one attached hydrogen (secondary N) is 1. The third-order valence-corrected chi connectivity index (χ3v) is 4.44. The van der Waals surface area contributed by atoms with Crippen LogP contribution in [0.3, 0.4) is 0 Å². The Morgan fingerprint density at radius 1 is 0.958 bits per heavy atom. The Labute approximate surface area is 137 Å². The maximum Gasteiger partial charge on any atom is 0.416 e. The Morgan fingerprint density at radius 2 is 1.67 bits per heavy atom. The van der Waals surface area contributed by atoms with E-state index in [1.165, 1.54) is 12.1 Å². The van der Waals surface area contributed by atoms with Crippen molar-refractivity contribution in [3.63, 3.8) is 0 Å². The van der Waals surface area contributed by atoms with Gasteiger partial charge in [0.1, 0.15) is 13.2 Å². The molecule has 1 N–H and O–H groups in total. The van der Waals surface area contributed by atoms with Gasteiger partial charge in [0.25, 0.3) is 0 Å². The number of rotatable bonds is 1. The molecule has 4 rings (SSSR count). The first-order chi connectivity index (χ1) is 11.5. The number of hydrogen-bond donors (Lipinski definition) is 1. The van der Waals surface area contributed by atoms with Crippen LogP contribution in [-0.2, 0) is 12.6 Å². The van der Waals surface area contributed by atoms with E-state index in [0.29, 0.717) is 31.3 Å². The molecule has 0 saturated heterocycles. The van der Waals surface area contributed by atoms with Crippen LogP contribution >= 0.6 is 0 Å². The zero-order valence-electron chi connectivity index (χ0n) is 12.8. The summed E-state index contributed by atoms with van der Waals surface area (Å²) in [5.74, 6) is 1.27. The van der Waals surface area contributed by atoms with E-state index in [4.69, 9.17) is 9.47 Å². The highest BCUT2D eigenvalue weighted by atomic mass is 19.4. The summed E-state index contributed by atoms with van der Waals surface area (Å²) >= 11 is 0. The molecule has 1 unspecified atom stereocenters. The molecule has 0 amide bonds. The first kappa shape index (κ1) is 15.3. The van der Waals surface area contributed by atoms with E-state index in [0.717, 1.165) is 23.6 Å². The van der Waals surface area contributed by atoms with Crippen molar-refractivity contribution in [2.45, 2.75) is 18.6 Å². The van der Waals surface area contributed by atoms with Crippen LogP contribution in [0, 0.1) is 0 Å². The standard InChI is InChI=1S/C18H16F3NO2/c19-18(20,21)14-4-2-1-3-12(14)17-13-10-16-15(23-7-8-24-16)9-11(13)5-6-22-17/h1-4,9-10,17,22H,5-8H2. The zero-order valence-corrected chi connectivity index (χ0v) is 12.8. The Kier molecular flexibility index (Phi) is 3.64. The Hall–Kier alpha value is -2.21. The monoisotopic (exact) mass is 335 g/mol. The minimum atomic E-state index is -4.39. The van der Waals surface area contributed by atoms with Crippen molar-refractivity contribution in [3.8, 4) is 11.5 Å². The zero-order chi connectivity index (χ0) is 16.7. The molecule has 0 aromatic heterocycles. The van der Waals surface area contributed by atoms with Crippen LogP contribution in [0.15, 0.2) is 36.4 Å². The van der Waals surface area contributed by atoms with Gasteiger partial charge in [-0.05, 0) is 41.3 Å². The normalized spacial score (nSPS) is 19.7. The number of fused-ring (bicyclic) bond motifs is 2. The number of halogens is 3. The second kappa shape index (κ2) is 5.70. The van der Waals surface area contributed by atoms with Gasteiger partial charge >= 0.3 is 6.18 Å². The van der Waals surface area contributed by atoms with Crippen molar-refractivity contribution in [2.75, 3.05) is 19.8 Å². The van der Waals surface area contributed by atoms with Gasteiger partial charge in [-0.1, -0.05) is 18.2 Å². The lowest BCUT2D eigenvalue weighted by molar-refractivity contribution is -0.138. The minimum absolute atomic E-state index is 0.239. The molecule has 0 aliphatic carbocycles. The van der Waals surface area contributed by atoms with Crippen LogP contribution in [0.5, 0.6) is 11.5 Å². The van der Waals surface area contributed by atoms with Crippen LogP contribution in [-0.4, -0.2) is 19.8 Å². The van der Waals surface area contributed by atoms with E-state index in [-0.39, 0.29) is 5.56 Å². The van der Waals surface area contributed by atoms with Gasteiger partial charge in [0, 0.05) is 6.54 Å². The summed E-state index contributed by atoms with van der Waals surface area (Å²) in [6.07, 6.45) is -3.64. The van der Waals surface area contributed by atoms with E-state index < -0.39 is 17.8 Å². The molecule has 2 aromatic rings. The minimum Gasteiger partial charge on any atom is -0.486 e. The number of benzene rings is 2. The summed E-state index contributed by atoms with van der Waals surface area (Å²) in [7, 11) is 0. The van der Waals surface area contributed by atoms with Crippen LogP contribution in [0.4, 0.5) is 13.2 Å². The smallest absolute Gasteiger partial charge is 0.416 e. The van der Waals surface area contributed by atoms with Gasteiger partial charge in [0.2, 0.25) is 0 Å². The molecule has 24 heavy (non-hydrogen) atoms. The predicted molar refractivity (Wildman–Crippen MR) is 82.4 cm³/mol. The third kappa shape index (κ3) is 2.60. The molecule has 2 aromatic carbocycles. The van der Waals surface area contributed by atoms with Crippen molar-refractivity contribution in [2.24, 2.45) is 0 Å². The average Bonchev–Trinajstić information content (AvgIpc) is 2.58. The fourth-order valence-electron chi connectivity index (χ4n) is 3.38. The maximum absolute atomic E-state index is 13.4. The Balaban J connectivity index is 1.83. The molecule has 2 aliphatic rings. The lowest BCUT2D eigenvalue weighted by atomic mass is 9.87. The summed E-state index contributed by atoms with van der Waals surface area (Å²) in [5.41, 5.74) is 1.45. The average molecular weight is 335 g/mol. The van der Waals surface area contributed by atoms with Crippen molar-refractivity contribution in [1.29, 1.82) is 0 Å². The van der Waals surface area contributed by atoms with E-state index >= 15 is 0 Å². The molecule has 1 atom stereocenters. The van der Waals surface area contributed by atoms with Crippen LogP contribution in [0.25, 0.3) is 0 Å². The van der Waals surface area contributed by atoms with E-state index in [1.807, 2.05) is 12.1 Å². The molecule has 3 nitrogen and oxygen atoms in total. The Morgan fingerprint density at radius 3 is 2.42 bits per heavy atom. The van der Waals surface area contributed by atoms with Gasteiger partial charge in [0.05, 0.1) is 11.6 Å². The summed E-state index contributed by atoms with van der Waals surface area (Å²) in [4.78, 5) is 0. The maximum atomic E-state index is 13.4. The first-order valence-corrected chi connectivity index (χ1v) is 7.86. The van der Waals surface area contributed by atoms with Crippen LogP contribution in [0.1, 0.15) is 28.3 Å². The van der Waals surface area contributed by atoms with Crippen molar-refractivity contribution < 1.29 is 22.6 Å². The molecular formula is C18H16F3NO2. The van der Waals surface area contributed by atoms with E-state index in [9.17, 15) is 13.2 Å². The molecule has 0 fully saturated rings. The lowest BCUT2D eigenvalue weighted by Gasteiger charge is -2.31. The predicted octanol–water partition coefficient (Wildman–Crippen LogP) is 3.71. The number of alkyl halides is 3. The quantitative estimate of drug-likeness (QED) is 0.862. The van der Waals surface area contributed by atoms with Crippen LogP contribution < -0.4 is 14.8 Å². The molecular weight excluding hydrogens is 319 g/mol.